The lowest BCUT2D eigenvalue weighted by molar-refractivity contribution is -0.136. The summed E-state index contributed by atoms with van der Waals surface area (Å²) in [6.07, 6.45) is 5.11. The molecule has 0 spiro atoms. The second kappa shape index (κ2) is 4.92. The molecule has 22 heavy (non-hydrogen) atoms. The van der Waals surface area contributed by atoms with Crippen molar-refractivity contribution in [2.24, 2.45) is 17.8 Å². The van der Waals surface area contributed by atoms with Gasteiger partial charge in [-0.15, -0.1) is 0 Å². The molecule has 5 heteroatoms. The van der Waals surface area contributed by atoms with Crippen LogP contribution in [0.25, 0.3) is 0 Å². The van der Waals surface area contributed by atoms with Crippen molar-refractivity contribution in [3.8, 4) is 0 Å². The fourth-order valence-corrected chi connectivity index (χ4v) is 6.16. The molecule has 0 aromatic rings. The Bertz CT molecular complexity index is 477. The van der Waals surface area contributed by atoms with Crippen LogP contribution in [-0.4, -0.2) is 71.3 Å². The standard InChI is InChI=1S/C17H26N2O3/c20-16-10-7-11-9-19(15(16)13(11)8-10)14-1-4-18(17(14)21)12-2-5-22-6-3-12/h10-16,20H,1-9H2. The van der Waals surface area contributed by atoms with Gasteiger partial charge in [-0.25, -0.2) is 0 Å². The van der Waals surface area contributed by atoms with Crippen molar-refractivity contribution in [3.05, 3.63) is 0 Å². The first-order valence-electron chi connectivity index (χ1n) is 9.06. The largest absolute Gasteiger partial charge is 0.391 e. The minimum Gasteiger partial charge on any atom is -0.391 e. The number of amides is 1. The zero-order chi connectivity index (χ0) is 14.8. The Morgan fingerprint density at radius 3 is 2.68 bits per heavy atom. The molecule has 2 bridgehead atoms. The molecule has 5 fully saturated rings. The quantitative estimate of drug-likeness (QED) is 0.806. The third-order valence-electron chi connectivity index (χ3n) is 7.13. The van der Waals surface area contributed by atoms with Crippen LogP contribution in [0.3, 0.4) is 0 Å². The van der Waals surface area contributed by atoms with Gasteiger partial charge >= 0.3 is 0 Å². The van der Waals surface area contributed by atoms with Crippen LogP contribution in [0, 0.1) is 17.8 Å². The number of carbonyl (C=O) groups is 1. The summed E-state index contributed by atoms with van der Waals surface area (Å²) in [6.45, 7) is 3.51. The van der Waals surface area contributed by atoms with Crippen molar-refractivity contribution in [2.45, 2.75) is 56.3 Å². The van der Waals surface area contributed by atoms with Crippen molar-refractivity contribution in [3.63, 3.8) is 0 Å². The topological polar surface area (TPSA) is 53.0 Å². The van der Waals surface area contributed by atoms with Gasteiger partial charge in [0.25, 0.3) is 0 Å². The Labute approximate surface area is 131 Å². The van der Waals surface area contributed by atoms with E-state index in [-0.39, 0.29) is 18.2 Å². The SMILES string of the molecule is O=C1C(N2CC3CC4CC3C2C4O)CCN1C1CCOCC1. The van der Waals surface area contributed by atoms with E-state index in [2.05, 4.69) is 9.80 Å². The number of aliphatic hydroxyl groups is 1. The summed E-state index contributed by atoms with van der Waals surface area (Å²) >= 11 is 0. The molecule has 5 nitrogen and oxygen atoms in total. The van der Waals surface area contributed by atoms with Crippen molar-refractivity contribution < 1.29 is 14.6 Å². The number of ether oxygens (including phenoxy) is 1. The zero-order valence-electron chi connectivity index (χ0n) is 13.1. The molecule has 1 amide bonds. The number of aliphatic hydroxyl groups excluding tert-OH is 1. The highest BCUT2D eigenvalue weighted by Crippen LogP contribution is 2.55. The van der Waals surface area contributed by atoms with Gasteiger partial charge < -0.3 is 14.7 Å². The molecule has 0 aromatic carbocycles. The molecule has 122 valence electrons. The summed E-state index contributed by atoms with van der Waals surface area (Å²) in [5.74, 6) is 2.23. The zero-order valence-corrected chi connectivity index (χ0v) is 13.1. The fraction of sp³-hybridized carbons (Fsp3) is 0.941. The molecule has 3 heterocycles. The first-order chi connectivity index (χ1) is 10.7. The summed E-state index contributed by atoms with van der Waals surface area (Å²) in [7, 11) is 0. The molecule has 2 saturated carbocycles. The fourth-order valence-electron chi connectivity index (χ4n) is 6.16. The molecule has 3 aliphatic heterocycles. The lowest BCUT2D eigenvalue weighted by atomic mass is 9.88. The van der Waals surface area contributed by atoms with E-state index < -0.39 is 0 Å². The molecule has 6 atom stereocenters. The van der Waals surface area contributed by atoms with E-state index in [1.807, 2.05) is 0 Å². The van der Waals surface area contributed by atoms with Crippen LogP contribution in [0.2, 0.25) is 0 Å². The Kier molecular flexibility index (Phi) is 3.08. The molecule has 3 saturated heterocycles. The highest BCUT2D eigenvalue weighted by molar-refractivity contribution is 5.84. The molecular weight excluding hydrogens is 280 g/mol. The van der Waals surface area contributed by atoms with Crippen molar-refractivity contribution in [2.75, 3.05) is 26.3 Å². The maximum atomic E-state index is 13.0. The number of fused-ring (bicyclic) bond motifs is 1. The van der Waals surface area contributed by atoms with Gasteiger partial charge in [0.15, 0.2) is 0 Å². The number of carbonyl (C=O) groups excluding carboxylic acids is 1. The molecule has 6 unspecified atom stereocenters. The third-order valence-corrected chi connectivity index (χ3v) is 7.13. The van der Waals surface area contributed by atoms with E-state index >= 15 is 0 Å². The van der Waals surface area contributed by atoms with Gasteiger partial charge in [-0.05, 0) is 49.9 Å². The molecule has 5 aliphatic rings. The summed E-state index contributed by atoms with van der Waals surface area (Å²) in [5.41, 5.74) is 0. The van der Waals surface area contributed by atoms with Crippen LogP contribution in [0.15, 0.2) is 0 Å². The maximum absolute atomic E-state index is 13.0. The summed E-state index contributed by atoms with van der Waals surface area (Å²) in [5, 5.41) is 10.6. The highest BCUT2D eigenvalue weighted by Gasteiger charge is 2.61. The van der Waals surface area contributed by atoms with Crippen LogP contribution in [-0.2, 0) is 9.53 Å². The average Bonchev–Trinajstić information content (AvgIpc) is 3.22. The predicted molar refractivity (Wildman–Crippen MR) is 80.2 cm³/mol. The number of hydrogen-bond acceptors (Lipinski definition) is 4. The van der Waals surface area contributed by atoms with Crippen LogP contribution in [0.1, 0.15) is 32.1 Å². The van der Waals surface area contributed by atoms with E-state index in [0.717, 1.165) is 51.5 Å². The number of nitrogens with zero attached hydrogens (tertiary/aromatic N) is 2. The average molecular weight is 306 g/mol. The lowest BCUT2D eigenvalue weighted by Gasteiger charge is -2.34. The Hall–Kier alpha value is -0.650. The van der Waals surface area contributed by atoms with Gasteiger partial charge in [0, 0.05) is 38.4 Å². The summed E-state index contributed by atoms with van der Waals surface area (Å²) in [4.78, 5) is 17.5. The predicted octanol–water partition coefficient (Wildman–Crippen LogP) is 0.467. The van der Waals surface area contributed by atoms with Gasteiger partial charge in [-0.3, -0.25) is 9.69 Å². The Morgan fingerprint density at radius 1 is 1.09 bits per heavy atom. The van der Waals surface area contributed by atoms with Gasteiger partial charge in [0.1, 0.15) is 0 Å². The van der Waals surface area contributed by atoms with E-state index in [0.29, 0.717) is 23.8 Å². The molecule has 0 radical (unpaired) electrons. The lowest BCUT2D eigenvalue weighted by Crippen LogP contribution is -2.50. The minimum atomic E-state index is -0.186. The van der Waals surface area contributed by atoms with Gasteiger partial charge in [-0.1, -0.05) is 0 Å². The van der Waals surface area contributed by atoms with Crippen LogP contribution in [0.4, 0.5) is 0 Å². The van der Waals surface area contributed by atoms with E-state index in [1.165, 1.54) is 12.8 Å². The number of likely N-dealkylation sites (tertiary alicyclic amines) is 2. The number of hydrogen-bond donors (Lipinski definition) is 1. The van der Waals surface area contributed by atoms with Crippen molar-refractivity contribution >= 4 is 5.91 Å². The Balaban J connectivity index is 1.33. The molecule has 2 aliphatic carbocycles. The monoisotopic (exact) mass is 306 g/mol. The van der Waals surface area contributed by atoms with Crippen LogP contribution >= 0.6 is 0 Å². The second-order valence-electron chi connectivity index (χ2n) is 8.01. The van der Waals surface area contributed by atoms with Gasteiger partial charge in [-0.2, -0.15) is 0 Å². The summed E-state index contributed by atoms with van der Waals surface area (Å²) in [6, 6.07) is 0.686. The van der Waals surface area contributed by atoms with Crippen molar-refractivity contribution in [1.29, 1.82) is 0 Å². The Morgan fingerprint density at radius 2 is 1.91 bits per heavy atom. The molecule has 1 N–H and O–H groups in total. The smallest absolute Gasteiger partial charge is 0.240 e. The number of rotatable bonds is 2. The first-order valence-corrected chi connectivity index (χ1v) is 9.06. The molecule has 0 aromatic heterocycles. The van der Waals surface area contributed by atoms with E-state index in [1.54, 1.807) is 0 Å². The van der Waals surface area contributed by atoms with Crippen LogP contribution in [0.5, 0.6) is 0 Å². The van der Waals surface area contributed by atoms with Gasteiger partial charge in [0.05, 0.1) is 12.1 Å². The summed E-state index contributed by atoms with van der Waals surface area (Å²) < 4.78 is 5.43. The molecular formula is C17H26N2O3. The highest BCUT2D eigenvalue weighted by atomic mass is 16.5. The first kappa shape index (κ1) is 13.8. The van der Waals surface area contributed by atoms with Gasteiger partial charge in [0.2, 0.25) is 5.91 Å². The minimum absolute atomic E-state index is 0.0341. The normalized spacial score (nSPS) is 48.8. The van der Waals surface area contributed by atoms with Crippen LogP contribution < -0.4 is 0 Å². The maximum Gasteiger partial charge on any atom is 0.240 e. The second-order valence-corrected chi connectivity index (χ2v) is 8.01. The van der Waals surface area contributed by atoms with Crippen molar-refractivity contribution in [1.82, 2.24) is 9.80 Å². The van der Waals surface area contributed by atoms with E-state index in [4.69, 9.17) is 4.74 Å². The third kappa shape index (κ3) is 1.79. The molecule has 5 rings (SSSR count). The van der Waals surface area contributed by atoms with E-state index in [9.17, 15) is 9.90 Å².